The molecule has 0 aliphatic carbocycles. The number of halogens is 2. The lowest BCUT2D eigenvalue weighted by atomic mass is 10.3. The Hall–Kier alpha value is -2.22. The Morgan fingerprint density at radius 1 is 1.25 bits per heavy atom. The van der Waals surface area contributed by atoms with E-state index >= 15 is 0 Å². The second-order valence-electron chi connectivity index (χ2n) is 4.09. The molecule has 2 aromatic rings. The third-order valence-corrected chi connectivity index (χ3v) is 3.92. The first-order valence-electron chi connectivity index (χ1n) is 5.50. The molecule has 0 saturated heterocycles. The molecule has 5 nitrogen and oxygen atoms in total. The van der Waals surface area contributed by atoms with Crippen LogP contribution in [0.25, 0.3) is 0 Å². The third-order valence-electron chi connectivity index (χ3n) is 2.53. The van der Waals surface area contributed by atoms with Crippen LogP contribution in [0.1, 0.15) is 5.56 Å². The van der Waals surface area contributed by atoms with E-state index in [9.17, 15) is 17.2 Å². The molecule has 1 aromatic carbocycles. The fourth-order valence-electron chi connectivity index (χ4n) is 1.61. The number of aromatic nitrogens is 1. The number of nitrogens with zero attached hydrogens (tertiary/aromatic N) is 1. The van der Waals surface area contributed by atoms with Gasteiger partial charge in [0.2, 0.25) is 0 Å². The SMILES string of the molecule is Cc1cccnc1NS(=O)(=O)c1c(F)cc(N)cc1F. The molecule has 0 atom stereocenters. The number of pyridine rings is 1. The van der Waals surface area contributed by atoms with Crippen LogP contribution < -0.4 is 10.5 Å². The van der Waals surface area contributed by atoms with Crippen LogP contribution in [-0.2, 0) is 10.0 Å². The molecular weight excluding hydrogens is 288 g/mol. The number of nitrogens with one attached hydrogen (secondary N) is 1. The zero-order valence-corrected chi connectivity index (χ0v) is 11.2. The number of nitrogens with two attached hydrogens (primary N) is 1. The molecule has 0 amide bonds. The van der Waals surface area contributed by atoms with Gasteiger partial charge in [-0.15, -0.1) is 0 Å². The molecule has 0 aliphatic heterocycles. The Morgan fingerprint density at radius 3 is 2.40 bits per heavy atom. The number of nitrogen functional groups attached to an aromatic ring is 1. The molecule has 20 heavy (non-hydrogen) atoms. The predicted molar refractivity (Wildman–Crippen MR) is 70.6 cm³/mol. The summed E-state index contributed by atoms with van der Waals surface area (Å²) in [5.41, 5.74) is 5.56. The van der Waals surface area contributed by atoms with Crippen molar-refractivity contribution in [3.05, 3.63) is 47.7 Å². The number of hydrogen-bond donors (Lipinski definition) is 2. The first-order valence-corrected chi connectivity index (χ1v) is 6.98. The number of hydrogen-bond acceptors (Lipinski definition) is 4. The van der Waals surface area contributed by atoms with Gasteiger partial charge in [-0.25, -0.2) is 22.2 Å². The second kappa shape index (κ2) is 5.04. The van der Waals surface area contributed by atoms with Crippen molar-refractivity contribution >= 4 is 21.5 Å². The Labute approximate surface area is 114 Å². The van der Waals surface area contributed by atoms with Crippen LogP contribution >= 0.6 is 0 Å². The van der Waals surface area contributed by atoms with Gasteiger partial charge in [-0.3, -0.25) is 4.72 Å². The van der Waals surface area contributed by atoms with Crippen LogP contribution in [0, 0.1) is 18.6 Å². The molecule has 0 bridgehead atoms. The molecule has 0 fully saturated rings. The molecule has 0 spiro atoms. The first kappa shape index (κ1) is 14.2. The summed E-state index contributed by atoms with van der Waals surface area (Å²) in [4.78, 5) is 2.72. The number of aryl methyl sites for hydroxylation is 1. The number of anilines is 2. The fraction of sp³-hybridized carbons (Fsp3) is 0.0833. The quantitative estimate of drug-likeness (QED) is 0.849. The highest BCUT2D eigenvalue weighted by molar-refractivity contribution is 7.92. The molecule has 2 rings (SSSR count). The molecule has 1 heterocycles. The first-order chi connectivity index (χ1) is 9.31. The largest absolute Gasteiger partial charge is 0.399 e. The van der Waals surface area contributed by atoms with Gasteiger partial charge in [0.15, 0.2) is 4.90 Å². The third kappa shape index (κ3) is 2.69. The summed E-state index contributed by atoms with van der Waals surface area (Å²) in [5, 5.41) is 0. The lowest BCUT2D eigenvalue weighted by molar-refractivity contribution is 0.522. The van der Waals surface area contributed by atoms with Crippen molar-refractivity contribution in [3.63, 3.8) is 0 Å². The van der Waals surface area contributed by atoms with Gasteiger partial charge in [0.25, 0.3) is 10.0 Å². The van der Waals surface area contributed by atoms with Crippen molar-refractivity contribution in [1.29, 1.82) is 0 Å². The van der Waals surface area contributed by atoms with Crippen LogP contribution in [0.15, 0.2) is 35.4 Å². The Kier molecular flexibility index (Phi) is 3.58. The summed E-state index contributed by atoms with van der Waals surface area (Å²) >= 11 is 0. The summed E-state index contributed by atoms with van der Waals surface area (Å²) in [7, 11) is -4.43. The van der Waals surface area contributed by atoms with Gasteiger partial charge < -0.3 is 5.73 Å². The highest BCUT2D eigenvalue weighted by atomic mass is 32.2. The molecule has 0 saturated carbocycles. The van der Waals surface area contributed by atoms with Gasteiger partial charge in [0.1, 0.15) is 17.5 Å². The van der Waals surface area contributed by atoms with Crippen molar-refractivity contribution in [2.24, 2.45) is 0 Å². The summed E-state index contributed by atoms with van der Waals surface area (Å²) < 4.78 is 53.4. The van der Waals surface area contributed by atoms with Gasteiger partial charge in [-0.05, 0) is 30.7 Å². The second-order valence-corrected chi connectivity index (χ2v) is 5.71. The molecular formula is C12H11F2N3O2S. The van der Waals surface area contributed by atoms with Crippen LogP contribution in [-0.4, -0.2) is 13.4 Å². The van der Waals surface area contributed by atoms with Crippen LogP contribution in [0.3, 0.4) is 0 Å². The van der Waals surface area contributed by atoms with E-state index in [4.69, 9.17) is 5.73 Å². The highest BCUT2D eigenvalue weighted by Crippen LogP contribution is 2.24. The summed E-state index contributed by atoms with van der Waals surface area (Å²) in [5.74, 6) is -2.52. The number of rotatable bonds is 3. The fourth-order valence-corrected chi connectivity index (χ4v) is 2.81. The average Bonchev–Trinajstić information content (AvgIpc) is 2.30. The molecule has 0 aliphatic rings. The van der Waals surface area contributed by atoms with Gasteiger partial charge in [-0.1, -0.05) is 6.07 Å². The van der Waals surface area contributed by atoms with E-state index in [0.717, 1.165) is 12.1 Å². The maximum Gasteiger partial charge on any atom is 0.268 e. The normalized spacial score (nSPS) is 11.3. The maximum atomic E-state index is 13.7. The van der Waals surface area contributed by atoms with Crippen molar-refractivity contribution in [2.75, 3.05) is 10.5 Å². The highest BCUT2D eigenvalue weighted by Gasteiger charge is 2.25. The van der Waals surface area contributed by atoms with E-state index in [2.05, 4.69) is 4.98 Å². The van der Waals surface area contributed by atoms with Crippen molar-refractivity contribution in [3.8, 4) is 0 Å². The van der Waals surface area contributed by atoms with Crippen LogP contribution in [0.5, 0.6) is 0 Å². The molecule has 3 N–H and O–H groups in total. The van der Waals surface area contributed by atoms with Crippen LogP contribution in [0.2, 0.25) is 0 Å². The van der Waals surface area contributed by atoms with Gasteiger partial charge in [0.05, 0.1) is 0 Å². The van der Waals surface area contributed by atoms with E-state index < -0.39 is 26.6 Å². The van der Waals surface area contributed by atoms with Gasteiger partial charge in [-0.2, -0.15) is 0 Å². The van der Waals surface area contributed by atoms with E-state index in [1.54, 1.807) is 19.1 Å². The van der Waals surface area contributed by atoms with E-state index in [0.29, 0.717) is 5.56 Å². The smallest absolute Gasteiger partial charge is 0.268 e. The van der Waals surface area contributed by atoms with Crippen molar-refractivity contribution in [1.82, 2.24) is 4.98 Å². The molecule has 0 radical (unpaired) electrons. The van der Waals surface area contributed by atoms with E-state index in [-0.39, 0.29) is 11.5 Å². The van der Waals surface area contributed by atoms with Crippen LogP contribution in [0.4, 0.5) is 20.3 Å². The molecule has 1 aromatic heterocycles. The minimum atomic E-state index is -4.43. The molecule has 8 heteroatoms. The lowest BCUT2D eigenvalue weighted by Gasteiger charge is -2.11. The Balaban J connectivity index is 2.50. The van der Waals surface area contributed by atoms with Crippen molar-refractivity contribution < 1.29 is 17.2 Å². The van der Waals surface area contributed by atoms with Crippen molar-refractivity contribution in [2.45, 2.75) is 11.8 Å². The van der Waals surface area contributed by atoms with Gasteiger partial charge >= 0.3 is 0 Å². The van der Waals surface area contributed by atoms with E-state index in [1.807, 2.05) is 4.72 Å². The summed E-state index contributed by atoms with van der Waals surface area (Å²) in [6.45, 7) is 1.61. The minimum Gasteiger partial charge on any atom is -0.399 e. The predicted octanol–water partition coefficient (Wildman–Crippen LogP) is 2.05. The maximum absolute atomic E-state index is 13.7. The summed E-state index contributed by atoms with van der Waals surface area (Å²) in [6, 6.07) is 4.70. The standard InChI is InChI=1S/C12H11F2N3O2S/c1-7-3-2-4-16-12(7)17-20(18,19)11-9(13)5-8(15)6-10(11)14/h2-6H,15H2,1H3,(H,16,17). The monoisotopic (exact) mass is 299 g/mol. The molecule has 0 unspecified atom stereocenters. The Bertz CT molecular complexity index is 740. The zero-order valence-electron chi connectivity index (χ0n) is 10.4. The lowest BCUT2D eigenvalue weighted by Crippen LogP contribution is -2.18. The summed E-state index contributed by atoms with van der Waals surface area (Å²) in [6.07, 6.45) is 1.36. The van der Waals surface area contributed by atoms with E-state index in [1.165, 1.54) is 6.20 Å². The topological polar surface area (TPSA) is 85.1 Å². The average molecular weight is 299 g/mol. The zero-order chi connectivity index (χ0) is 14.9. The number of benzene rings is 1. The molecule has 106 valence electrons. The Morgan fingerprint density at radius 2 is 1.85 bits per heavy atom. The minimum absolute atomic E-state index is 0.00289. The van der Waals surface area contributed by atoms with Gasteiger partial charge in [0, 0.05) is 11.9 Å². The number of sulfonamides is 1.